The molecular weight excluding hydrogens is 454 g/mol. The van der Waals surface area contributed by atoms with Gasteiger partial charge in [-0.25, -0.2) is 0 Å². The Morgan fingerprint density at radius 2 is 1.78 bits per heavy atom. The van der Waals surface area contributed by atoms with Crippen molar-refractivity contribution in [2.45, 2.75) is 32.0 Å². The zero-order chi connectivity index (χ0) is 24.6. The number of nitrogens with zero attached hydrogens (tertiary/aromatic N) is 2. The van der Waals surface area contributed by atoms with Crippen molar-refractivity contribution in [3.8, 4) is 5.75 Å². The molecule has 2 aliphatic rings. The Balaban J connectivity index is 1.34. The number of hydrogen-bond acceptors (Lipinski definition) is 4. The van der Waals surface area contributed by atoms with Crippen molar-refractivity contribution < 1.29 is 14.3 Å². The average molecular weight is 480 g/mol. The predicted molar refractivity (Wildman–Crippen MR) is 137 cm³/mol. The van der Waals surface area contributed by atoms with E-state index in [1.54, 1.807) is 30.5 Å². The number of carbonyl (C=O) groups is 2. The van der Waals surface area contributed by atoms with Gasteiger partial charge in [0.05, 0.1) is 17.7 Å². The molecule has 1 N–H and O–H groups in total. The van der Waals surface area contributed by atoms with Gasteiger partial charge in [0.15, 0.2) is 6.10 Å². The number of pyridine rings is 1. The second kappa shape index (κ2) is 9.00. The Morgan fingerprint density at radius 1 is 0.972 bits per heavy atom. The van der Waals surface area contributed by atoms with E-state index < -0.39 is 12.0 Å². The van der Waals surface area contributed by atoms with Crippen LogP contribution in [0.2, 0.25) is 0 Å². The first-order valence-corrected chi connectivity index (χ1v) is 12.1. The number of carbonyl (C=O) groups excluding carboxylic acids is 2. The van der Waals surface area contributed by atoms with E-state index in [1.165, 1.54) is 4.90 Å². The van der Waals surface area contributed by atoms with E-state index in [0.29, 0.717) is 23.4 Å². The Bertz CT molecular complexity index is 1540. The molecule has 0 radical (unpaired) electrons. The molecule has 36 heavy (non-hydrogen) atoms. The SMILES string of the molecule is O=C(NCc1ccccc1)[C@H]1CN(C(=O)c2cn3c4c(cccc4c2=O)CCC3)c2ccccc2O1. The monoisotopic (exact) mass is 479 g/mol. The summed E-state index contributed by atoms with van der Waals surface area (Å²) < 4.78 is 7.99. The van der Waals surface area contributed by atoms with E-state index in [0.717, 1.165) is 36.0 Å². The van der Waals surface area contributed by atoms with Gasteiger partial charge in [0, 0.05) is 24.7 Å². The van der Waals surface area contributed by atoms with Gasteiger partial charge in [-0.05, 0) is 42.2 Å². The van der Waals surface area contributed by atoms with Crippen LogP contribution in [0.5, 0.6) is 5.75 Å². The number of benzene rings is 3. The molecule has 0 saturated carbocycles. The maximum absolute atomic E-state index is 13.9. The molecule has 0 fully saturated rings. The Kier molecular flexibility index (Phi) is 5.52. The molecule has 180 valence electrons. The lowest BCUT2D eigenvalue weighted by molar-refractivity contribution is -0.127. The lowest BCUT2D eigenvalue weighted by Crippen LogP contribution is -2.51. The number of amides is 2. The highest BCUT2D eigenvalue weighted by molar-refractivity contribution is 6.09. The Morgan fingerprint density at radius 3 is 2.64 bits per heavy atom. The van der Waals surface area contributed by atoms with Crippen molar-refractivity contribution in [2.75, 3.05) is 11.4 Å². The fraction of sp³-hybridized carbons (Fsp3) is 0.207. The topological polar surface area (TPSA) is 80.6 Å². The fourth-order valence-electron chi connectivity index (χ4n) is 5.12. The summed E-state index contributed by atoms with van der Waals surface area (Å²) in [6.07, 6.45) is 2.65. The summed E-state index contributed by atoms with van der Waals surface area (Å²) in [4.78, 5) is 41.9. The number of para-hydroxylation sites is 3. The van der Waals surface area contributed by atoms with E-state index >= 15 is 0 Å². The molecule has 0 aliphatic carbocycles. The first-order chi connectivity index (χ1) is 17.6. The minimum absolute atomic E-state index is 0.00792. The van der Waals surface area contributed by atoms with E-state index in [4.69, 9.17) is 4.74 Å². The maximum Gasteiger partial charge on any atom is 0.264 e. The van der Waals surface area contributed by atoms with Gasteiger partial charge in [-0.3, -0.25) is 14.4 Å². The van der Waals surface area contributed by atoms with Gasteiger partial charge in [-0.1, -0.05) is 54.6 Å². The third-order valence-electron chi connectivity index (χ3n) is 6.88. The van der Waals surface area contributed by atoms with Gasteiger partial charge in [0.1, 0.15) is 11.3 Å². The van der Waals surface area contributed by atoms with Gasteiger partial charge >= 0.3 is 0 Å². The first-order valence-electron chi connectivity index (χ1n) is 12.1. The number of fused-ring (bicyclic) bond motifs is 1. The van der Waals surface area contributed by atoms with Crippen LogP contribution in [-0.4, -0.2) is 29.0 Å². The van der Waals surface area contributed by atoms with Crippen molar-refractivity contribution in [1.29, 1.82) is 0 Å². The van der Waals surface area contributed by atoms with Crippen LogP contribution in [-0.2, 0) is 24.3 Å². The Hall–Kier alpha value is -4.39. The molecule has 3 heterocycles. The predicted octanol–water partition coefficient (Wildman–Crippen LogP) is 3.67. The van der Waals surface area contributed by atoms with Crippen molar-refractivity contribution in [3.63, 3.8) is 0 Å². The highest BCUT2D eigenvalue weighted by Crippen LogP contribution is 2.34. The summed E-state index contributed by atoms with van der Waals surface area (Å²) in [5, 5.41) is 3.45. The van der Waals surface area contributed by atoms with Crippen LogP contribution in [0, 0.1) is 0 Å². The van der Waals surface area contributed by atoms with E-state index in [1.807, 2.05) is 53.1 Å². The van der Waals surface area contributed by atoms with Crippen molar-refractivity contribution in [3.05, 3.63) is 106 Å². The summed E-state index contributed by atoms with van der Waals surface area (Å²) in [6.45, 7) is 1.11. The molecule has 2 aliphatic heterocycles. The van der Waals surface area contributed by atoms with Crippen LogP contribution < -0.4 is 20.4 Å². The summed E-state index contributed by atoms with van der Waals surface area (Å²) in [5.41, 5.74) is 3.35. The van der Waals surface area contributed by atoms with Crippen LogP contribution in [0.25, 0.3) is 10.9 Å². The summed E-state index contributed by atoms with van der Waals surface area (Å²) in [5.74, 6) is -0.319. The van der Waals surface area contributed by atoms with Crippen molar-refractivity contribution >= 4 is 28.4 Å². The van der Waals surface area contributed by atoms with Gasteiger partial charge in [0.2, 0.25) is 5.43 Å². The standard InChI is InChI=1S/C29H25N3O4/c33-27-21-12-6-10-20-11-7-15-31(26(20)21)17-22(27)29(35)32-18-25(36-24-14-5-4-13-23(24)32)28(34)30-16-19-8-2-1-3-9-19/h1-6,8-10,12-14,17,25H,7,11,15-16,18H2,(H,30,34)/t25-/m1/s1. The molecule has 6 rings (SSSR count). The van der Waals surface area contributed by atoms with Crippen molar-refractivity contribution in [1.82, 2.24) is 9.88 Å². The summed E-state index contributed by atoms with van der Waals surface area (Å²) in [6, 6.07) is 22.4. The minimum Gasteiger partial charge on any atom is -0.477 e. The van der Waals surface area contributed by atoms with E-state index in [2.05, 4.69) is 5.32 Å². The molecule has 1 aromatic heterocycles. The second-order valence-electron chi connectivity index (χ2n) is 9.18. The molecule has 4 aromatic rings. The zero-order valence-corrected chi connectivity index (χ0v) is 19.6. The van der Waals surface area contributed by atoms with Crippen LogP contribution in [0.15, 0.2) is 83.8 Å². The summed E-state index contributed by atoms with van der Waals surface area (Å²) >= 11 is 0. The smallest absolute Gasteiger partial charge is 0.264 e. The zero-order valence-electron chi connectivity index (χ0n) is 19.6. The average Bonchev–Trinajstić information content (AvgIpc) is 2.93. The van der Waals surface area contributed by atoms with E-state index in [9.17, 15) is 14.4 Å². The van der Waals surface area contributed by atoms with Crippen molar-refractivity contribution in [2.24, 2.45) is 0 Å². The van der Waals surface area contributed by atoms with Gasteiger partial charge in [-0.15, -0.1) is 0 Å². The quantitative estimate of drug-likeness (QED) is 0.484. The molecule has 0 spiro atoms. The highest BCUT2D eigenvalue weighted by atomic mass is 16.5. The second-order valence-corrected chi connectivity index (χ2v) is 9.18. The third-order valence-corrected chi connectivity index (χ3v) is 6.88. The number of ether oxygens (including phenoxy) is 1. The molecular formula is C29H25N3O4. The van der Waals surface area contributed by atoms with Crippen LogP contribution in [0.3, 0.4) is 0 Å². The Labute approximate surface area is 207 Å². The number of rotatable bonds is 4. The third kappa shape index (κ3) is 3.82. The largest absolute Gasteiger partial charge is 0.477 e. The van der Waals surface area contributed by atoms with E-state index in [-0.39, 0.29) is 23.4 Å². The molecule has 0 unspecified atom stereocenters. The number of nitrogens with one attached hydrogen (secondary N) is 1. The number of anilines is 1. The number of aromatic nitrogens is 1. The lowest BCUT2D eigenvalue weighted by Gasteiger charge is -2.34. The molecule has 7 heteroatoms. The van der Waals surface area contributed by atoms with Crippen LogP contribution in [0.4, 0.5) is 5.69 Å². The van der Waals surface area contributed by atoms with Gasteiger partial charge in [-0.2, -0.15) is 0 Å². The molecule has 1 atom stereocenters. The van der Waals surface area contributed by atoms with Crippen LogP contribution in [0.1, 0.15) is 27.9 Å². The summed E-state index contributed by atoms with van der Waals surface area (Å²) in [7, 11) is 0. The fourth-order valence-corrected chi connectivity index (χ4v) is 5.12. The first kappa shape index (κ1) is 22.1. The molecule has 3 aromatic carbocycles. The maximum atomic E-state index is 13.9. The molecule has 7 nitrogen and oxygen atoms in total. The minimum atomic E-state index is -0.902. The van der Waals surface area contributed by atoms with Gasteiger partial charge < -0.3 is 19.5 Å². The molecule has 0 bridgehead atoms. The molecule has 0 saturated heterocycles. The normalized spacial score (nSPS) is 16.2. The highest BCUT2D eigenvalue weighted by Gasteiger charge is 2.35. The lowest BCUT2D eigenvalue weighted by atomic mass is 9.99. The number of aryl methyl sites for hydroxylation is 2. The van der Waals surface area contributed by atoms with Gasteiger partial charge in [0.25, 0.3) is 11.8 Å². The van der Waals surface area contributed by atoms with Crippen LogP contribution >= 0.6 is 0 Å². The number of hydrogen-bond donors (Lipinski definition) is 1. The molecule has 2 amide bonds.